The maximum Gasteiger partial charge on any atom is 0.227 e. The summed E-state index contributed by atoms with van der Waals surface area (Å²) < 4.78 is 7.54. The molecule has 4 atom stereocenters. The molecule has 1 aliphatic heterocycles. The minimum Gasteiger partial charge on any atom is -0.391 e. The molecule has 1 saturated carbocycles. The fraction of sp³-hybridized carbons (Fsp3) is 0.688. The van der Waals surface area contributed by atoms with Crippen molar-refractivity contribution in [3.63, 3.8) is 0 Å². The summed E-state index contributed by atoms with van der Waals surface area (Å²) in [5.41, 5.74) is 2.36. The fourth-order valence-corrected chi connectivity index (χ4v) is 6.09. The number of hydrogen-bond donors (Lipinski definition) is 3. The lowest BCUT2D eigenvalue weighted by Crippen LogP contribution is -2.53. The molecule has 1 saturated heterocycles. The van der Waals surface area contributed by atoms with Crippen molar-refractivity contribution in [3.8, 4) is 0 Å². The number of aryl methyl sites for hydroxylation is 1. The van der Waals surface area contributed by atoms with Crippen LogP contribution in [-0.2, 0) is 27.4 Å². The van der Waals surface area contributed by atoms with Crippen molar-refractivity contribution in [1.82, 2.24) is 20.1 Å². The van der Waals surface area contributed by atoms with E-state index >= 15 is 0 Å². The van der Waals surface area contributed by atoms with E-state index in [1.54, 1.807) is 7.11 Å². The zero-order valence-corrected chi connectivity index (χ0v) is 25.1. The highest BCUT2D eigenvalue weighted by Gasteiger charge is 2.39. The summed E-state index contributed by atoms with van der Waals surface area (Å²) in [4.78, 5) is 29.4. The zero-order chi connectivity index (χ0) is 28.8. The first-order valence-electron chi connectivity index (χ1n) is 15.2. The molecule has 0 spiro atoms. The number of hydrogen-bond acceptors (Lipinski definition) is 5. The topological polar surface area (TPSA) is 95.8 Å². The molecule has 2 unspecified atom stereocenters. The van der Waals surface area contributed by atoms with Gasteiger partial charge in [0.2, 0.25) is 11.8 Å². The van der Waals surface area contributed by atoms with Crippen molar-refractivity contribution >= 4 is 22.7 Å². The maximum absolute atomic E-state index is 14.0. The molecule has 8 heteroatoms. The summed E-state index contributed by atoms with van der Waals surface area (Å²) in [7, 11) is 1.73. The first kappa shape index (κ1) is 30.5. The van der Waals surface area contributed by atoms with Crippen LogP contribution in [0.5, 0.6) is 0 Å². The average Bonchev–Trinajstić information content (AvgIpc) is 3.73. The van der Waals surface area contributed by atoms with Gasteiger partial charge >= 0.3 is 0 Å². The minimum atomic E-state index is -0.595. The Morgan fingerprint density at radius 1 is 1.15 bits per heavy atom. The molecule has 40 heavy (non-hydrogen) atoms. The molecule has 8 nitrogen and oxygen atoms in total. The number of aromatic nitrogens is 1. The van der Waals surface area contributed by atoms with E-state index in [1.165, 1.54) is 16.5 Å². The van der Waals surface area contributed by atoms with E-state index < -0.39 is 6.10 Å². The SMILES string of the molecule is COCCCn1cc(CN(C(=O)[C@H]2CNC[C@@H](C(=O)NC(CC(C)C)C(O)C(C)C)C2)C2CC2)c2ccccc21. The molecule has 2 fully saturated rings. The van der Waals surface area contributed by atoms with E-state index in [9.17, 15) is 14.7 Å². The third-order valence-electron chi connectivity index (χ3n) is 8.45. The molecule has 0 bridgehead atoms. The number of aliphatic hydroxyl groups excluding tert-OH is 1. The van der Waals surface area contributed by atoms with Gasteiger partial charge in [-0.3, -0.25) is 9.59 Å². The number of amides is 2. The number of benzene rings is 1. The number of carbonyl (C=O) groups is 2. The second kappa shape index (κ2) is 14.0. The predicted molar refractivity (Wildman–Crippen MR) is 159 cm³/mol. The summed E-state index contributed by atoms with van der Waals surface area (Å²) in [6.07, 6.45) is 5.87. The first-order valence-corrected chi connectivity index (χ1v) is 15.2. The summed E-state index contributed by atoms with van der Waals surface area (Å²) in [6, 6.07) is 8.40. The highest BCUT2D eigenvalue weighted by atomic mass is 16.5. The standard InChI is InChI=1S/C32H50N4O4/c1-21(2)15-28(30(37)22(3)4)34-31(38)23-16-24(18-33-17-23)32(39)36(26-11-12-26)20-25-19-35(13-8-14-40-5)29-10-7-6-9-27(25)29/h6-7,9-10,19,21-24,26,28,30,33,37H,8,11-18,20H2,1-5H3,(H,34,38)/t23-,24+,28?,30?/m0/s1. The molecule has 1 aliphatic carbocycles. The molecule has 2 amide bonds. The molecule has 1 aromatic carbocycles. The Labute approximate surface area is 239 Å². The Kier molecular flexibility index (Phi) is 10.7. The van der Waals surface area contributed by atoms with Crippen LogP contribution in [0.25, 0.3) is 10.9 Å². The quantitative estimate of drug-likeness (QED) is 0.308. The van der Waals surface area contributed by atoms with Crippen LogP contribution in [0.1, 0.15) is 65.4 Å². The Balaban J connectivity index is 1.45. The molecule has 2 heterocycles. The Hall–Kier alpha value is -2.42. The number of nitrogens with one attached hydrogen (secondary N) is 2. The highest BCUT2D eigenvalue weighted by molar-refractivity contribution is 5.86. The molecule has 222 valence electrons. The van der Waals surface area contributed by atoms with E-state index in [0.29, 0.717) is 38.6 Å². The van der Waals surface area contributed by atoms with Crippen molar-refractivity contribution in [2.75, 3.05) is 26.8 Å². The van der Waals surface area contributed by atoms with E-state index in [1.807, 2.05) is 13.8 Å². The van der Waals surface area contributed by atoms with E-state index in [2.05, 4.69) is 64.4 Å². The van der Waals surface area contributed by atoms with Crippen molar-refractivity contribution in [1.29, 1.82) is 0 Å². The van der Waals surface area contributed by atoms with Crippen LogP contribution >= 0.6 is 0 Å². The fourth-order valence-electron chi connectivity index (χ4n) is 6.09. The predicted octanol–water partition coefficient (Wildman–Crippen LogP) is 3.94. The Morgan fingerprint density at radius 2 is 1.88 bits per heavy atom. The maximum atomic E-state index is 14.0. The monoisotopic (exact) mass is 554 g/mol. The van der Waals surface area contributed by atoms with Crippen molar-refractivity contribution in [2.45, 2.75) is 91.1 Å². The summed E-state index contributed by atoms with van der Waals surface area (Å²) in [5.74, 6) is -0.0345. The smallest absolute Gasteiger partial charge is 0.227 e. The number of ether oxygens (including phenoxy) is 1. The number of carbonyl (C=O) groups excluding carboxylic acids is 2. The van der Waals surface area contributed by atoms with Gasteiger partial charge in [-0.05, 0) is 55.6 Å². The van der Waals surface area contributed by atoms with Crippen LogP contribution in [0.15, 0.2) is 30.5 Å². The van der Waals surface area contributed by atoms with Crippen LogP contribution < -0.4 is 10.6 Å². The highest BCUT2D eigenvalue weighted by Crippen LogP contribution is 2.33. The van der Waals surface area contributed by atoms with Gasteiger partial charge in [0.15, 0.2) is 0 Å². The lowest BCUT2D eigenvalue weighted by molar-refractivity contribution is -0.139. The van der Waals surface area contributed by atoms with Gasteiger partial charge < -0.3 is 29.9 Å². The van der Waals surface area contributed by atoms with E-state index in [0.717, 1.165) is 32.2 Å². The minimum absolute atomic E-state index is 0.0564. The third kappa shape index (κ3) is 7.65. The van der Waals surface area contributed by atoms with Crippen molar-refractivity contribution in [3.05, 3.63) is 36.0 Å². The third-order valence-corrected chi connectivity index (χ3v) is 8.45. The van der Waals surface area contributed by atoms with Gasteiger partial charge in [0.05, 0.1) is 24.0 Å². The second-order valence-electron chi connectivity index (χ2n) is 12.7. The Bertz CT molecular complexity index is 1130. The lowest BCUT2D eigenvalue weighted by Gasteiger charge is -2.34. The molecule has 4 rings (SSSR count). The van der Waals surface area contributed by atoms with Gasteiger partial charge in [0.25, 0.3) is 0 Å². The lowest BCUT2D eigenvalue weighted by atomic mass is 9.87. The number of fused-ring (bicyclic) bond motifs is 1. The van der Waals surface area contributed by atoms with Crippen LogP contribution in [0.4, 0.5) is 0 Å². The van der Waals surface area contributed by atoms with Gasteiger partial charge in [0, 0.05) is 63.0 Å². The van der Waals surface area contributed by atoms with Gasteiger partial charge in [-0.2, -0.15) is 0 Å². The molecule has 0 radical (unpaired) electrons. The molecular formula is C32H50N4O4. The summed E-state index contributed by atoms with van der Waals surface area (Å²) in [6.45, 7) is 11.5. The average molecular weight is 555 g/mol. The van der Waals surface area contributed by atoms with Crippen LogP contribution in [0.3, 0.4) is 0 Å². The van der Waals surface area contributed by atoms with Crippen molar-refractivity contribution < 1.29 is 19.4 Å². The Morgan fingerprint density at radius 3 is 2.55 bits per heavy atom. The van der Waals surface area contributed by atoms with Gasteiger partial charge in [-0.1, -0.05) is 45.9 Å². The van der Waals surface area contributed by atoms with E-state index in [4.69, 9.17) is 4.74 Å². The van der Waals surface area contributed by atoms with Gasteiger partial charge in [-0.25, -0.2) is 0 Å². The van der Waals surface area contributed by atoms with E-state index in [-0.39, 0.29) is 41.7 Å². The number of methoxy groups -OCH3 is 1. The normalized spacial score (nSPS) is 21.1. The number of rotatable bonds is 14. The largest absolute Gasteiger partial charge is 0.391 e. The summed E-state index contributed by atoms with van der Waals surface area (Å²) >= 11 is 0. The molecule has 3 N–H and O–H groups in total. The summed E-state index contributed by atoms with van der Waals surface area (Å²) in [5, 5.41) is 18.4. The van der Waals surface area contributed by atoms with Crippen LogP contribution in [0, 0.1) is 23.7 Å². The molecule has 1 aromatic heterocycles. The number of aliphatic hydroxyl groups is 1. The van der Waals surface area contributed by atoms with Crippen molar-refractivity contribution in [2.24, 2.45) is 23.7 Å². The molecule has 2 aliphatic rings. The number of para-hydroxylation sites is 1. The molecule has 2 aromatic rings. The number of nitrogens with zero attached hydrogens (tertiary/aromatic N) is 2. The van der Waals surface area contributed by atoms with Crippen LogP contribution in [0.2, 0.25) is 0 Å². The van der Waals surface area contributed by atoms with Gasteiger partial charge in [-0.15, -0.1) is 0 Å². The zero-order valence-electron chi connectivity index (χ0n) is 25.1. The van der Waals surface area contributed by atoms with Gasteiger partial charge in [0.1, 0.15) is 0 Å². The first-order chi connectivity index (χ1) is 19.2. The second-order valence-corrected chi connectivity index (χ2v) is 12.7. The van der Waals surface area contributed by atoms with Crippen LogP contribution in [-0.4, -0.2) is 71.4 Å². The number of piperidine rings is 1. The molecular weight excluding hydrogens is 504 g/mol.